The maximum atomic E-state index is 14.4. The minimum absolute atomic E-state index is 0.219. The van der Waals surface area contributed by atoms with Crippen molar-refractivity contribution in [2.24, 2.45) is 0 Å². The molecule has 4 aromatic rings. The molecule has 6 nitrogen and oxygen atoms in total. The molecule has 0 fully saturated rings. The van der Waals surface area contributed by atoms with Crippen LogP contribution in [-0.4, -0.2) is 27.5 Å². The van der Waals surface area contributed by atoms with Crippen LogP contribution in [-0.2, 0) is 11.2 Å². The van der Waals surface area contributed by atoms with Crippen molar-refractivity contribution < 1.29 is 13.9 Å². The van der Waals surface area contributed by atoms with Gasteiger partial charge in [0.25, 0.3) is 0 Å². The predicted octanol–water partition coefficient (Wildman–Crippen LogP) is 4.22. The van der Waals surface area contributed by atoms with E-state index in [0.717, 1.165) is 28.4 Å². The molecule has 0 unspecified atom stereocenters. The number of ether oxygens (including phenoxy) is 1. The van der Waals surface area contributed by atoms with Crippen molar-refractivity contribution in [2.75, 3.05) is 11.9 Å². The number of fused-ring (bicyclic) bond motifs is 2. The Morgan fingerprint density at radius 2 is 2.04 bits per heavy atom. The SMILES string of the molecule is O=C1OCCc2cc(Nc3ncc(F)c(-c4c[nH]c5ccccc45)n3)ccc21. The molecular formula is C21H15FN4O2. The molecule has 28 heavy (non-hydrogen) atoms. The van der Waals surface area contributed by atoms with Crippen LogP contribution < -0.4 is 5.32 Å². The molecule has 1 aliphatic rings. The fraction of sp³-hybridized carbons (Fsp3) is 0.0952. The van der Waals surface area contributed by atoms with Gasteiger partial charge in [-0.05, 0) is 29.8 Å². The molecule has 2 N–H and O–H groups in total. The monoisotopic (exact) mass is 374 g/mol. The Hall–Kier alpha value is -3.74. The number of esters is 1. The molecule has 0 radical (unpaired) electrons. The van der Waals surface area contributed by atoms with E-state index in [2.05, 4.69) is 20.3 Å². The average molecular weight is 374 g/mol. The Morgan fingerprint density at radius 3 is 2.96 bits per heavy atom. The Kier molecular flexibility index (Phi) is 3.79. The number of rotatable bonds is 3. The molecule has 0 bridgehead atoms. The zero-order chi connectivity index (χ0) is 19.1. The smallest absolute Gasteiger partial charge is 0.338 e. The molecule has 0 spiro atoms. The van der Waals surface area contributed by atoms with E-state index in [1.807, 2.05) is 30.3 Å². The van der Waals surface area contributed by atoms with Crippen LogP contribution in [0.15, 0.2) is 54.9 Å². The van der Waals surface area contributed by atoms with Gasteiger partial charge < -0.3 is 15.0 Å². The molecule has 5 rings (SSSR count). The molecule has 2 aromatic heterocycles. The number of carbonyl (C=O) groups excluding carboxylic acids is 1. The molecule has 2 aromatic carbocycles. The van der Waals surface area contributed by atoms with Gasteiger partial charge in [-0.15, -0.1) is 0 Å². The topological polar surface area (TPSA) is 79.9 Å². The normalized spacial score (nSPS) is 13.2. The van der Waals surface area contributed by atoms with E-state index < -0.39 is 5.82 Å². The number of nitrogens with one attached hydrogen (secondary N) is 2. The van der Waals surface area contributed by atoms with Crippen LogP contribution in [0, 0.1) is 5.82 Å². The number of para-hydroxylation sites is 1. The van der Waals surface area contributed by atoms with E-state index in [1.165, 1.54) is 0 Å². The number of H-pyrrole nitrogens is 1. The summed E-state index contributed by atoms with van der Waals surface area (Å²) in [5.41, 5.74) is 4.00. The maximum Gasteiger partial charge on any atom is 0.338 e. The van der Waals surface area contributed by atoms with Crippen LogP contribution in [0.2, 0.25) is 0 Å². The van der Waals surface area contributed by atoms with Gasteiger partial charge in [0.05, 0.1) is 18.4 Å². The van der Waals surface area contributed by atoms with Gasteiger partial charge in [0, 0.05) is 34.8 Å². The first-order chi connectivity index (χ1) is 13.7. The zero-order valence-corrected chi connectivity index (χ0v) is 14.7. The summed E-state index contributed by atoms with van der Waals surface area (Å²) in [6, 6.07) is 13.0. The molecule has 0 saturated heterocycles. The second kappa shape index (κ2) is 6.45. The average Bonchev–Trinajstić information content (AvgIpc) is 3.14. The zero-order valence-electron chi connectivity index (χ0n) is 14.7. The van der Waals surface area contributed by atoms with Crippen LogP contribution in [0.5, 0.6) is 0 Å². The predicted molar refractivity (Wildman–Crippen MR) is 103 cm³/mol. The number of anilines is 2. The van der Waals surface area contributed by atoms with Gasteiger partial charge in [0.1, 0.15) is 5.69 Å². The summed E-state index contributed by atoms with van der Waals surface area (Å²) in [6.45, 7) is 0.368. The quantitative estimate of drug-likeness (QED) is 0.525. The first-order valence-corrected chi connectivity index (χ1v) is 8.85. The van der Waals surface area contributed by atoms with Crippen LogP contribution in [0.1, 0.15) is 15.9 Å². The fourth-order valence-electron chi connectivity index (χ4n) is 3.42. The molecule has 0 amide bonds. The molecule has 3 heterocycles. The summed E-state index contributed by atoms with van der Waals surface area (Å²) in [4.78, 5) is 23.3. The summed E-state index contributed by atoms with van der Waals surface area (Å²) >= 11 is 0. The van der Waals surface area contributed by atoms with E-state index in [0.29, 0.717) is 24.2 Å². The fourth-order valence-corrected chi connectivity index (χ4v) is 3.42. The molecular weight excluding hydrogens is 359 g/mol. The minimum Gasteiger partial charge on any atom is -0.462 e. The maximum absolute atomic E-state index is 14.4. The Balaban J connectivity index is 1.51. The number of hydrogen-bond donors (Lipinski definition) is 2. The molecule has 7 heteroatoms. The first-order valence-electron chi connectivity index (χ1n) is 8.85. The van der Waals surface area contributed by atoms with Gasteiger partial charge >= 0.3 is 5.97 Å². The molecule has 0 aliphatic carbocycles. The van der Waals surface area contributed by atoms with E-state index in [9.17, 15) is 9.18 Å². The van der Waals surface area contributed by atoms with Crippen LogP contribution in [0.25, 0.3) is 22.2 Å². The van der Waals surface area contributed by atoms with Gasteiger partial charge in [-0.2, -0.15) is 0 Å². The van der Waals surface area contributed by atoms with Gasteiger partial charge in [0.15, 0.2) is 5.82 Å². The number of hydrogen-bond acceptors (Lipinski definition) is 5. The van der Waals surface area contributed by atoms with Gasteiger partial charge in [0.2, 0.25) is 5.95 Å². The lowest BCUT2D eigenvalue weighted by molar-refractivity contribution is 0.0480. The van der Waals surface area contributed by atoms with Crippen LogP contribution in [0.4, 0.5) is 16.0 Å². The lowest BCUT2D eigenvalue weighted by Gasteiger charge is -2.16. The number of nitrogens with zero attached hydrogens (tertiary/aromatic N) is 2. The van der Waals surface area contributed by atoms with Crippen LogP contribution in [0.3, 0.4) is 0 Å². The number of carbonyl (C=O) groups is 1. The highest BCUT2D eigenvalue weighted by atomic mass is 19.1. The van der Waals surface area contributed by atoms with Crippen molar-refractivity contribution in [2.45, 2.75) is 6.42 Å². The number of cyclic esters (lactones) is 1. The van der Waals surface area contributed by atoms with Gasteiger partial charge in [-0.25, -0.2) is 19.2 Å². The third-order valence-corrected chi connectivity index (χ3v) is 4.77. The van der Waals surface area contributed by atoms with Crippen molar-refractivity contribution in [1.82, 2.24) is 15.0 Å². The van der Waals surface area contributed by atoms with E-state index in [-0.39, 0.29) is 17.6 Å². The molecule has 138 valence electrons. The standard InChI is InChI=1S/C21H15FN4O2/c22-17-11-24-21(25-13-5-6-14-12(9-13)7-8-28-20(14)27)26-19(17)16-10-23-18-4-2-1-3-15(16)18/h1-6,9-11,23H,7-8H2,(H,24,25,26). The lowest BCUT2D eigenvalue weighted by Crippen LogP contribution is -2.17. The highest BCUT2D eigenvalue weighted by Crippen LogP contribution is 2.30. The molecule has 0 atom stereocenters. The molecule has 0 saturated carbocycles. The lowest BCUT2D eigenvalue weighted by atomic mass is 10.0. The molecule has 1 aliphatic heterocycles. The van der Waals surface area contributed by atoms with E-state index >= 15 is 0 Å². The van der Waals surface area contributed by atoms with Crippen molar-refractivity contribution in [3.63, 3.8) is 0 Å². The van der Waals surface area contributed by atoms with Gasteiger partial charge in [-0.1, -0.05) is 18.2 Å². The number of halogens is 1. The highest BCUT2D eigenvalue weighted by molar-refractivity contribution is 5.95. The van der Waals surface area contributed by atoms with Crippen molar-refractivity contribution in [3.8, 4) is 11.3 Å². The third-order valence-electron chi connectivity index (χ3n) is 4.77. The first kappa shape index (κ1) is 16.4. The van der Waals surface area contributed by atoms with Crippen LogP contribution >= 0.6 is 0 Å². The van der Waals surface area contributed by atoms with E-state index in [4.69, 9.17) is 4.74 Å². The Labute approximate surface area is 159 Å². The summed E-state index contributed by atoms with van der Waals surface area (Å²) in [7, 11) is 0. The minimum atomic E-state index is -0.497. The Morgan fingerprint density at radius 1 is 1.14 bits per heavy atom. The second-order valence-electron chi connectivity index (χ2n) is 6.52. The number of aromatic amines is 1. The van der Waals surface area contributed by atoms with Gasteiger partial charge in [-0.3, -0.25) is 0 Å². The Bertz CT molecular complexity index is 1220. The van der Waals surface area contributed by atoms with Crippen molar-refractivity contribution >= 4 is 28.5 Å². The van der Waals surface area contributed by atoms with E-state index in [1.54, 1.807) is 18.3 Å². The van der Waals surface area contributed by atoms with Crippen molar-refractivity contribution in [1.29, 1.82) is 0 Å². The summed E-state index contributed by atoms with van der Waals surface area (Å²) < 4.78 is 19.5. The van der Waals surface area contributed by atoms with Crippen molar-refractivity contribution in [3.05, 3.63) is 71.8 Å². The number of benzene rings is 2. The third kappa shape index (κ3) is 2.77. The number of aromatic nitrogens is 3. The largest absolute Gasteiger partial charge is 0.462 e. The summed E-state index contributed by atoms with van der Waals surface area (Å²) in [5.74, 6) is -0.532. The highest BCUT2D eigenvalue weighted by Gasteiger charge is 2.19. The second-order valence-corrected chi connectivity index (χ2v) is 6.52. The summed E-state index contributed by atoms with van der Waals surface area (Å²) in [5, 5.41) is 3.98. The summed E-state index contributed by atoms with van der Waals surface area (Å²) in [6.07, 6.45) is 3.55.